The van der Waals surface area contributed by atoms with Crippen molar-refractivity contribution in [3.05, 3.63) is 63.3 Å². The van der Waals surface area contributed by atoms with Crippen LogP contribution in [0.1, 0.15) is 25.0 Å². The summed E-state index contributed by atoms with van der Waals surface area (Å²) in [6.07, 6.45) is 0.855. The van der Waals surface area contributed by atoms with Crippen LogP contribution in [0.15, 0.2) is 46.6 Å². The first-order valence-electron chi connectivity index (χ1n) is 9.54. The Kier molecular flexibility index (Phi) is 6.17. The Balaban J connectivity index is 0.00000109. The number of fused-ring (bicyclic) bond motifs is 3. The number of pyridine rings is 1. The van der Waals surface area contributed by atoms with Gasteiger partial charge in [0.05, 0.1) is 12.6 Å². The molecule has 0 atom stereocenters. The van der Waals surface area contributed by atoms with Gasteiger partial charge in [0.15, 0.2) is 0 Å². The van der Waals surface area contributed by atoms with E-state index in [4.69, 9.17) is 10.5 Å². The predicted octanol–water partition coefficient (Wildman–Crippen LogP) is 5.25. The van der Waals surface area contributed by atoms with Gasteiger partial charge in [-0.05, 0) is 54.1 Å². The summed E-state index contributed by atoms with van der Waals surface area (Å²) in [5.41, 5.74) is 10.7. The lowest BCUT2D eigenvalue weighted by molar-refractivity contribution is 0.416. The van der Waals surface area contributed by atoms with Gasteiger partial charge in [-0.25, -0.2) is 0 Å². The number of benzene rings is 2. The van der Waals surface area contributed by atoms with Crippen molar-refractivity contribution in [3.8, 4) is 16.9 Å². The number of nitrogens with one attached hydrogen (secondary N) is 1. The van der Waals surface area contributed by atoms with Crippen molar-refractivity contribution in [2.24, 2.45) is 5.73 Å². The third kappa shape index (κ3) is 3.43. The van der Waals surface area contributed by atoms with Gasteiger partial charge < -0.3 is 15.5 Å². The van der Waals surface area contributed by atoms with Crippen LogP contribution in [0.25, 0.3) is 32.1 Å². The van der Waals surface area contributed by atoms with Crippen LogP contribution in [0.4, 0.5) is 0 Å². The molecule has 28 heavy (non-hydrogen) atoms. The molecule has 0 fully saturated rings. The smallest absolute Gasteiger partial charge is 0.266 e. The number of nitrogens with two attached hydrogens (primary N) is 1. The van der Waals surface area contributed by atoms with Gasteiger partial charge in [-0.1, -0.05) is 38.1 Å². The van der Waals surface area contributed by atoms with Crippen LogP contribution in [0.3, 0.4) is 0 Å². The molecule has 0 aliphatic heterocycles. The molecular weight excluding hydrogens is 368 g/mol. The SMILES string of the molecule is CC.COc1cc(C)c2[nH]c(=O)c3sccc3c2c1-c1ccc(CCN)cc1. The first kappa shape index (κ1) is 20.1. The van der Waals surface area contributed by atoms with E-state index in [1.165, 1.54) is 16.9 Å². The molecule has 4 nitrogen and oxygen atoms in total. The van der Waals surface area contributed by atoms with Gasteiger partial charge >= 0.3 is 0 Å². The van der Waals surface area contributed by atoms with Crippen LogP contribution in [0.2, 0.25) is 0 Å². The molecule has 0 aliphatic rings. The fraction of sp³-hybridized carbons (Fsp3) is 0.261. The molecule has 0 spiro atoms. The summed E-state index contributed by atoms with van der Waals surface area (Å²) in [5, 5.41) is 3.96. The molecule has 0 unspecified atom stereocenters. The summed E-state index contributed by atoms with van der Waals surface area (Å²) >= 11 is 1.46. The molecule has 5 heteroatoms. The summed E-state index contributed by atoms with van der Waals surface area (Å²) in [6, 6.07) is 12.4. The molecule has 0 saturated carbocycles. The number of aromatic nitrogens is 1. The fourth-order valence-electron chi connectivity index (χ4n) is 3.52. The zero-order valence-corrected chi connectivity index (χ0v) is 17.6. The van der Waals surface area contributed by atoms with Crippen LogP contribution in [0, 0.1) is 6.92 Å². The number of ether oxygens (including phenoxy) is 1. The van der Waals surface area contributed by atoms with Crippen LogP contribution in [-0.2, 0) is 6.42 Å². The number of rotatable bonds is 4. The van der Waals surface area contributed by atoms with Crippen molar-refractivity contribution < 1.29 is 4.74 Å². The molecule has 2 aromatic heterocycles. The fourth-order valence-corrected chi connectivity index (χ4v) is 4.32. The largest absolute Gasteiger partial charge is 0.496 e. The van der Waals surface area contributed by atoms with Gasteiger partial charge in [0.2, 0.25) is 0 Å². The third-order valence-electron chi connectivity index (χ3n) is 4.76. The standard InChI is InChI=1S/C21H20N2O2S.C2H6/c1-12-11-16(25-2)17(14-5-3-13(4-6-14)7-9-22)18-15-8-10-26-20(15)21(24)23-19(12)18;1-2/h3-6,8,10-11H,7,9,22H2,1-2H3,(H,23,24);1-2H3. The van der Waals surface area contributed by atoms with E-state index >= 15 is 0 Å². The Morgan fingerprint density at radius 1 is 1.14 bits per heavy atom. The van der Waals surface area contributed by atoms with Crippen LogP contribution >= 0.6 is 11.3 Å². The summed E-state index contributed by atoms with van der Waals surface area (Å²) in [5.74, 6) is 0.807. The van der Waals surface area contributed by atoms with E-state index < -0.39 is 0 Å². The average Bonchev–Trinajstić information content (AvgIpc) is 3.22. The topological polar surface area (TPSA) is 68.1 Å². The van der Waals surface area contributed by atoms with E-state index in [1.807, 2.05) is 38.3 Å². The van der Waals surface area contributed by atoms with Crippen LogP contribution in [-0.4, -0.2) is 18.6 Å². The van der Waals surface area contributed by atoms with Crippen molar-refractivity contribution in [2.75, 3.05) is 13.7 Å². The summed E-state index contributed by atoms with van der Waals surface area (Å²) in [6.45, 7) is 6.63. The van der Waals surface area contributed by atoms with Gasteiger partial charge in [0.1, 0.15) is 10.4 Å². The minimum Gasteiger partial charge on any atom is -0.496 e. The molecule has 0 bridgehead atoms. The molecular formula is C23H26N2O2S. The van der Waals surface area contributed by atoms with Crippen molar-refractivity contribution >= 4 is 32.3 Å². The average molecular weight is 395 g/mol. The molecule has 0 radical (unpaired) electrons. The summed E-state index contributed by atoms with van der Waals surface area (Å²) in [4.78, 5) is 15.5. The summed E-state index contributed by atoms with van der Waals surface area (Å²) < 4.78 is 6.46. The first-order valence-corrected chi connectivity index (χ1v) is 10.4. The highest BCUT2D eigenvalue weighted by molar-refractivity contribution is 7.17. The highest BCUT2D eigenvalue weighted by Gasteiger charge is 2.18. The van der Waals surface area contributed by atoms with E-state index in [-0.39, 0.29) is 5.56 Å². The number of aromatic amines is 1. The molecule has 3 N–H and O–H groups in total. The van der Waals surface area contributed by atoms with Crippen LogP contribution in [0.5, 0.6) is 5.75 Å². The lowest BCUT2D eigenvalue weighted by atomic mass is 9.94. The highest BCUT2D eigenvalue weighted by atomic mass is 32.1. The van der Waals surface area contributed by atoms with Crippen LogP contribution < -0.4 is 16.0 Å². The Hall–Kier alpha value is -2.63. The minimum absolute atomic E-state index is 0.0417. The van der Waals surface area contributed by atoms with Gasteiger partial charge in [-0.2, -0.15) is 0 Å². The Morgan fingerprint density at radius 2 is 1.86 bits per heavy atom. The van der Waals surface area contributed by atoms with Gasteiger partial charge in [-0.15, -0.1) is 11.3 Å². The zero-order chi connectivity index (χ0) is 20.3. The monoisotopic (exact) mass is 394 g/mol. The lowest BCUT2D eigenvalue weighted by Gasteiger charge is -2.16. The van der Waals surface area contributed by atoms with E-state index in [9.17, 15) is 4.79 Å². The molecule has 146 valence electrons. The quantitative estimate of drug-likeness (QED) is 0.496. The van der Waals surface area contributed by atoms with E-state index in [1.54, 1.807) is 7.11 Å². The second-order valence-corrected chi connectivity index (χ2v) is 7.29. The number of methoxy groups -OCH3 is 1. The molecule has 2 heterocycles. The summed E-state index contributed by atoms with van der Waals surface area (Å²) in [7, 11) is 1.68. The van der Waals surface area contributed by atoms with Crippen molar-refractivity contribution in [3.63, 3.8) is 0 Å². The number of hydrogen-bond donors (Lipinski definition) is 2. The molecule has 2 aromatic carbocycles. The second kappa shape index (κ2) is 8.59. The molecule has 4 aromatic rings. The zero-order valence-electron chi connectivity index (χ0n) is 16.8. The molecule has 0 saturated heterocycles. The highest BCUT2D eigenvalue weighted by Crippen LogP contribution is 2.41. The number of hydrogen-bond acceptors (Lipinski definition) is 4. The maximum atomic E-state index is 12.4. The molecule has 0 amide bonds. The molecule has 0 aliphatic carbocycles. The van der Waals surface area contributed by atoms with Gasteiger partial charge in [0, 0.05) is 16.3 Å². The van der Waals surface area contributed by atoms with E-state index in [2.05, 4.69) is 29.2 Å². The Morgan fingerprint density at radius 3 is 2.50 bits per heavy atom. The number of aryl methyl sites for hydroxylation is 1. The van der Waals surface area contributed by atoms with Gasteiger partial charge in [-0.3, -0.25) is 4.79 Å². The number of H-pyrrole nitrogens is 1. The third-order valence-corrected chi connectivity index (χ3v) is 5.68. The second-order valence-electron chi connectivity index (χ2n) is 6.37. The first-order chi connectivity index (χ1) is 13.6. The maximum Gasteiger partial charge on any atom is 0.266 e. The Bertz CT molecular complexity index is 1160. The number of thiophene rings is 1. The normalized spacial score (nSPS) is 10.8. The van der Waals surface area contributed by atoms with Crippen molar-refractivity contribution in [1.82, 2.24) is 4.98 Å². The van der Waals surface area contributed by atoms with Crippen molar-refractivity contribution in [1.29, 1.82) is 0 Å². The minimum atomic E-state index is -0.0417. The van der Waals surface area contributed by atoms with Crippen molar-refractivity contribution in [2.45, 2.75) is 27.2 Å². The lowest BCUT2D eigenvalue weighted by Crippen LogP contribution is -2.06. The predicted molar refractivity (Wildman–Crippen MR) is 121 cm³/mol. The van der Waals surface area contributed by atoms with E-state index in [0.717, 1.165) is 49.8 Å². The molecule has 4 rings (SSSR count). The maximum absolute atomic E-state index is 12.4. The van der Waals surface area contributed by atoms with E-state index in [0.29, 0.717) is 6.54 Å². The van der Waals surface area contributed by atoms with Gasteiger partial charge in [0.25, 0.3) is 5.56 Å². The Labute approximate surface area is 169 Å².